The number of anilines is 1. The average Bonchev–Trinajstić information content (AvgIpc) is 3.07. The third kappa shape index (κ3) is 3.35. The Balaban J connectivity index is 2.14. The highest BCUT2D eigenvalue weighted by atomic mass is 35.5. The van der Waals surface area contributed by atoms with Gasteiger partial charge in [-0.3, -0.25) is 0 Å². The Morgan fingerprint density at radius 3 is 2.50 bits per heavy atom. The zero-order chi connectivity index (χ0) is 13.3. The van der Waals surface area contributed by atoms with Crippen LogP contribution in [-0.4, -0.2) is 16.0 Å². The Kier molecular flexibility index (Phi) is 4.10. The summed E-state index contributed by atoms with van der Waals surface area (Å²) in [5.74, 6) is 2.91. The molecule has 18 heavy (non-hydrogen) atoms. The van der Waals surface area contributed by atoms with Crippen LogP contribution >= 0.6 is 11.6 Å². The van der Waals surface area contributed by atoms with Crippen molar-refractivity contribution in [2.75, 3.05) is 5.32 Å². The lowest BCUT2D eigenvalue weighted by Gasteiger charge is -2.17. The van der Waals surface area contributed by atoms with Gasteiger partial charge in [-0.15, -0.1) is 0 Å². The minimum atomic E-state index is 0.294. The fourth-order valence-corrected chi connectivity index (χ4v) is 2.23. The lowest BCUT2D eigenvalue weighted by Crippen LogP contribution is -2.18. The molecule has 0 aliphatic heterocycles. The molecule has 2 rings (SSSR count). The Morgan fingerprint density at radius 2 is 1.94 bits per heavy atom. The quantitative estimate of drug-likeness (QED) is 0.814. The number of hydrogen-bond acceptors (Lipinski definition) is 3. The summed E-state index contributed by atoms with van der Waals surface area (Å²) in [7, 11) is 0. The van der Waals surface area contributed by atoms with Crippen LogP contribution in [0.5, 0.6) is 0 Å². The summed E-state index contributed by atoms with van der Waals surface area (Å²) in [6, 6.07) is 0.446. The highest BCUT2D eigenvalue weighted by Gasteiger charge is 2.24. The summed E-state index contributed by atoms with van der Waals surface area (Å²) in [6.07, 6.45) is 3.98. The molecular formula is C14H22ClN3. The van der Waals surface area contributed by atoms with Crippen molar-refractivity contribution >= 4 is 17.4 Å². The highest BCUT2D eigenvalue weighted by Crippen LogP contribution is 2.34. The van der Waals surface area contributed by atoms with Gasteiger partial charge in [0.25, 0.3) is 0 Å². The van der Waals surface area contributed by atoms with E-state index in [-0.39, 0.29) is 0 Å². The fraction of sp³-hybridized carbons (Fsp3) is 0.714. The van der Waals surface area contributed by atoms with Crippen molar-refractivity contribution in [1.29, 1.82) is 0 Å². The van der Waals surface area contributed by atoms with Crippen LogP contribution in [-0.2, 0) is 0 Å². The van der Waals surface area contributed by atoms with Crippen LogP contribution in [0.1, 0.15) is 57.3 Å². The molecule has 0 amide bonds. The van der Waals surface area contributed by atoms with E-state index in [0.717, 1.165) is 23.1 Å². The van der Waals surface area contributed by atoms with Crippen molar-refractivity contribution < 1.29 is 0 Å². The maximum absolute atomic E-state index is 6.17. The van der Waals surface area contributed by atoms with Crippen molar-refractivity contribution in [3.8, 4) is 0 Å². The van der Waals surface area contributed by atoms with E-state index in [0.29, 0.717) is 17.1 Å². The van der Waals surface area contributed by atoms with E-state index in [1.54, 1.807) is 0 Å². The molecule has 1 N–H and O–H groups in total. The topological polar surface area (TPSA) is 37.8 Å². The van der Waals surface area contributed by atoms with Crippen molar-refractivity contribution in [1.82, 2.24) is 9.97 Å². The standard InChI is InChI=1S/C14H22ClN3/c1-8(2)13-17-12(15)10(4)14(18-13)16-9(3)7-11-5-6-11/h8-9,11H,5-7H2,1-4H3,(H,16,17,18). The second kappa shape index (κ2) is 5.43. The number of nitrogens with one attached hydrogen (secondary N) is 1. The maximum Gasteiger partial charge on any atom is 0.137 e. The Hall–Kier alpha value is -0.830. The van der Waals surface area contributed by atoms with Gasteiger partial charge >= 0.3 is 0 Å². The van der Waals surface area contributed by atoms with Gasteiger partial charge in [0.1, 0.15) is 16.8 Å². The van der Waals surface area contributed by atoms with Crippen LogP contribution in [0.25, 0.3) is 0 Å². The van der Waals surface area contributed by atoms with E-state index in [9.17, 15) is 0 Å². The molecule has 1 aliphatic rings. The number of aromatic nitrogens is 2. The largest absolute Gasteiger partial charge is 0.367 e. The summed E-state index contributed by atoms with van der Waals surface area (Å²) in [5, 5.41) is 4.05. The zero-order valence-corrected chi connectivity index (χ0v) is 12.4. The average molecular weight is 268 g/mol. The van der Waals surface area contributed by atoms with Crippen LogP contribution < -0.4 is 5.32 Å². The van der Waals surface area contributed by atoms with Gasteiger partial charge in [0, 0.05) is 17.5 Å². The molecule has 3 nitrogen and oxygen atoms in total. The molecule has 1 atom stereocenters. The zero-order valence-electron chi connectivity index (χ0n) is 11.6. The predicted octanol–water partition coefficient (Wildman–Crippen LogP) is 4.16. The smallest absolute Gasteiger partial charge is 0.137 e. The summed E-state index contributed by atoms with van der Waals surface area (Å²) in [6.45, 7) is 8.35. The number of nitrogens with zero attached hydrogens (tertiary/aromatic N) is 2. The van der Waals surface area contributed by atoms with E-state index in [1.807, 2.05) is 6.92 Å². The van der Waals surface area contributed by atoms with Gasteiger partial charge in [0.05, 0.1) is 0 Å². The molecule has 1 saturated carbocycles. The summed E-state index contributed by atoms with van der Waals surface area (Å²) in [5.41, 5.74) is 0.948. The first-order valence-corrected chi connectivity index (χ1v) is 7.15. The maximum atomic E-state index is 6.17. The van der Waals surface area contributed by atoms with E-state index in [4.69, 9.17) is 11.6 Å². The van der Waals surface area contributed by atoms with E-state index in [2.05, 4.69) is 36.1 Å². The molecule has 1 aromatic rings. The summed E-state index contributed by atoms with van der Waals surface area (Å²) in [4.78, 5) is 8.92. The molecule has 0 saturated heterocycles. The highest BCUT2D eigenvalue weighted by molar-refractivity contribution is 6.30. The molecule has 0 spiro atoms. The lowest BCUT2D eigenvalue weighted by molar-refractivity contribution is 0.637. The Morgan fingerprint density at radius 1 is 1.28 bits per heavy atom. The van der Waals surface area contributed by atoms with E-state index in [1.165, 1.54) is 19.3 Å². The van der Waals surface area contributed by atoms with E-state index < -0.39 is 0 Å². The molecule has 1 fully saturated rings. The summed E-state index contributed by atoms with van der Waals surface area (Å²) < 4.78 is 0. The lowest BCUT2D eigenvalue weighted by atomic mass is 10.1. The normalized spacial score (nSPS) is 17.0. The van der Waals surface area contributed by atoms with Gasteiger partial charge < -0.3 is 5.32 Å². The van der Waals surface area contributed by atoms with Crippen LogP contribution in [0.15, 0.2) is 0 Å². The SMILES string of the molecule is Cc1c(Cl)nc(C(C)C)nc1NC(C)CC1CC1. The third-order valence-corrected chi connectivity index (χ3v) is 3.76. The number of hydrogen-bond donors (Lipinski definition) is 1. The Bertz CT molecular complexity index is 427. The molecule has 0 bridgehead atoms. The van der Waals surface area contributed by atoms with E-state index >= 15 is 0 Å². The van der Waals surface area contributed by atoms with Crippen molar-refractivity contribution in [3.63, 3.8) is 0 Å². The molecule has 1 aromatic heterocycles. The van der Waals surface area contributed by atoms with Crippen LogP contribution in [0.4, 0.5) is 5.82 Å². The molecule has 0 aromatic carbocycles. The third-order valence-electron chi connectivity index (χ3n) is 3.39. The second-order valence-electron chi connectivity index (χ2n) is 5.73. The van der Waals surface area contributed by atoms with Crippen molar-refractivity contribution in [3.05, 3.63) is 16.5 Å². The van der Waals surface area contributed by atoms with Crippen molar-refractivity contribution in [2.24, 2.45) is 5.92 Å². The van der Waals surface area contributed by atoms with Gasteiger partial charge in [-0.1, -0.05) is 38.3 Å². The van der Waals surface area contributed by atoms with Gasteiger partial charge in [-0.05, 0) is 26.2 Å². The van der Waals surface area contributed by atoms with Crippen LogP contribution in [0.3, 0.4) is 0 Å². The molecule has 1 heterocycles. The van der Waals surface area contributed by atoms with Crippen molar-refractivity contribution in [2.45, 2.75) is 58.9 Å². The van der Waals surface area contributed by atoms with Gasteiger partial charge in [-0.25, -0.2) is 9.97 Å². The first-order chi connectivity index (χ1) is 8.47. The minimum Gasteiger partial charge on any atom is -0.367 e. The first kappa shape index (κ1) is 13.6. The van der Waals surface area contributed by atoms with Gasteiger partial charge in [-0.2, -0.15) is 0 Å². The first-order valence-electron chi connectivity index (χ1n) is 6.78. The second-order valence-corrected chi connectivity index (χ2v) is 6.08. The molecule has 0 radical (unpaired) electrons. The van der Waals surface area contributed by atoms with Gasteiger partial charge in [0.15, 0.2) is 0 Å². The number of halogens is 1. The molecule has 100 valence electrons. The van der Waals surface area contributed by atoms with Crippen LogP contribution in [0, 0.1) is 12.8 Å². The molecular weight excluding hydrogens is 246 g/mol. The molecule has 1 aliphatic carbocycles. The number of rotatable bonds is 5. The van der Waals surface area contributed by atoms with Gasteiger partial charge in [0.2, 0.25) is 0 Å². The Labute approximate surface area is 114 Å². The van der Waals surface area contributed by atoms with Crippen LogP contribution in [0.2, 0.25) is 5.15 Å². The fourth-order valence-electron chi connectivity index (χ4n) is 2.05. The predicted molar refractivity (Wildman–Crippen MR) is 76.3 cm³/mol. The molecule has 4 heteroatoms. The minimum absolute atomic E-state index is 0.294. The summed E-state index contributed by atoms with van der Waals surface area (Å²) >= 11 is 6.17. The molecule has 1 unspecified atom stereocenters. The monoisotopic (exact) mass is 267 g/mol.